The Morgan fingerprint density at radius 3 is 2.73 bits per heavy atom. The fraction of sp³-hybridized carbons (Fsp3) is 0.562. The summed E-state index contributed by atoms with van der Waals surface area (Å²) >= 11 is 0. The molecule has 2 N–H and O–H groups in total. The molecule has 124 valence electrons. The van der Waals surface area contributed by atoms with Crippen LogP contribution in [0.2, 0.25) is 0 Å². The zero-order valence-electron chi connectivity index (χ0n) is 13.2. The fourth-order valence-electron chi connectivity index (χ4n) is 2.51. The largest absolute Gasteiger partial charge is 0.391 e. The fourth-order valence-corrected chi connectivity index (χ4v) is 2.51. The molecule has 0 aromatic heterocycles. The Morgan fingerprint density at radius 1 is 1.45 bits per heavy atom. The summed E-state index contributed by atoms with van der Waals surface area (Å²) < 4.78 is 5.55. The van der Waals surface area contributed by atoms with Gasteiger partial charge in [0.2, 0.25) is 0 Å². The van der Waals surface area contributed by atoms with Gasteiger partial charge >= 0.3 is 0 Å². The number of hydrogen-bond acceptors (Lipinski definition) is 3. The average molecular weight is 419 g/mol. The van der Waals surface area contributed by atoms with Crippen LogP contribution in [0, 0.1) is 0 Å². The molecule has 2 atom stereocenters. The van der Waals surface area contributed by atoms with Gasteiger partial charge in [0, 0.05) is 26.7 Å². The Labute approximate surface area is 149 Å². The second-order valence-corrected chi connectivity index (χ2v) is 5.22. The second kappa shape index (κ2) is 10.0. The molecule has 0 spiro atoms. The third-order valence-corrected chi connectivity index (χ3v) is 3.66. The van der Waals surface area contributed by atoms with Crippen LogP contribution in [0.15, 0.2) is 35.3 Å². The van der Waals surface area contributed by atoms with E-state index >= 15 is 0 Å². The number of benzene rings is 1. The molecule has 0 saturated carbocycles. The van der Waals surface area contributed by atoms with Crippen LogP contribution in [0.4, 0.5) is 0 Å². The quantitative estimate of drug-likeness (QED) is 0.436. The molecule has 1 heterocycles. The highest BCUT2D eigenvalue weighted by Crippen LogP contribution is 2.17. The van der Waals surface area contributed by atoms with Crippen molar-refractivity contribution in [2.24, 2.45) is 4.99 Å². The molecule has 1 fully saturated rings. The molecule has 2 rings (SSSR count). The summed E-state index contributed by atoms with van der Waals surface area (Å²) in [6.45, 7) is 4.92. The number of methoxy groups -OCH3 is 1. The van der Waals surface area contributed by atoms with E-state index in [0.29, 0.717) is 13.1 Å². The van der Waals surface area contributed by atoms with Crippen molar-refractivity contribution in [3.05, 3.63) is 35.9 Å². The van der Waals surface area contributed by atoms with Crippen LogP contribution in [0.1, 0.15) is 25.0 Å². The zero-order chi connectivity index (χ0) is 15.1. The van der Waals surface area contributed by atoms with Crippen LogP contribution in [0.25, 0.3) is 0 Å². The van der Waals surface area contributed by atoms with Crippen molar-refractivity contribution < 1.29 is 9.84 Å². The van der Waals surface area contributed by atoms with E-state index in [2.05, 4.69) is 27.3 Å². The van der Waals surface area contributed by atoms with Gasteiger partial charge in [-0.2, -0.15) is 0 Å². The maximum atomic E-state index is 9.67. The molecular weight excluding hydrogens is 393 g/mol. The Balaban J connectivity index is 0.00000242. The standard InChI is InChI=1S/C16H25N3O2.HI/c1-3-17-16(19-10-9-14(20)12-19)18-11-15(21-2)13-7-5-4-6-8-13;/h4-8,14-15,20H,3,9-12H2,1-2H3,(H,17,18);1H/t14-,15?;/m1./s1. The van der Waals surface area contributed by atoms with Crippen LogP contribution in [0.5, 0.6) is 0 Å². The predicted octanol–water partition coefficient (Wildman–Crippen LogP) is 2.02. The normalized spacial score (nSPS) is 19.7. The van der Waals surface area contributed by atoms with Gasteiger partial charge in [0.05, 0.1) is 12.6 Å². The molecule has 0 bridgehead atoms. The molecule has 0 amide bonds. The summed E-state index contributed by atoms with van der Waals surface area (Å²) in [5, 5.41) is 13.0. The van der Waals surface area contributed by atoms with E-state index in [0.717, 1.165) is 31.0 Å². The van der Waals surface area contributed by atoms with E-state index in [-0.39, 0.29) is 36.2 Å². The van der Waals surface area contributed by atoms with Crippen LogP contribution in [-0.2, 0) is 4.74 Å². The van der Waals surface area contributed by atoms with Crippen molar-refractivity contribution >= 4 is 29.9 Å². The van der Waals surface area contributed by atoms with E-state index in [1.807, 2.05) is 25.1 Å². The molecule has 1 aromatic carbocycles. The summed E-state index contributed by atoms with van der Waals surface area (Å²) in [6.07, 6.45) is 0.505. The highest BCUT2D eigenvalue weighted by atomic mass is 127. The lowest BCUT2D eigenvalue weighted by molar-refractivity contribution is 0.110. The number of rotatable bonds is 5. The summed E-state index contributed by atoms with van der Waals surface area (Å²) in [7, 11) is 1.71. The Bertz CT molecular complexity index is 456. The van der Waals surface area contributed by atoms with Gasteiger partial charge in [0.1, 0.15) is 6.10 Å². The van der Waals surface area contributed by atoms with Crippen molar-refractivity contribution in [2.75, 3.05) is 33.3 Å². The molecule has 1 aliphatic rings. The van der Waals surface area contributed by atoms with Gasteiger partial charge in [-0.25, -0.2) is 0 Å². The van der Waals surface area contributed by atoms with Crippen LogP contribution in [-0.4, -0.2) is 55.4 Å². The van der Waals surface area contributed by atoms with Crippen LogP contribution < -0.4 is 5.32 Å². The maximum absolute atomic E-state index is 9.67. The topological polar surface area (TPSA) is 57.1 Å². The maximum Gasteiger partial charge on any atom is 0.194 e. The van der Waals surface area contributed by atoms with Gasteiger partial charge in [0.25, 0.3) is 0 Å². The molecule has 0 radical (unpaired) electrons. The van der Waals surface area contributed by atoms with Crippen molar-refractivity contribution in [3.63, 3.8) is 0 Å². The van der Waals surface area contributed by atoms with E-state index < -0.39 is 0 Å². The van der Waals surface area contributed by atoms with E-state index in [1.54, 1.807) is 7.11 Å². The molecular formula is C16H26IN3O2. The number of nitrogens with one attached hydrogen (secondary N) is 1. The van der Waals surface area contributed by atoms with Crippen molar-refractivity contribution in [1.82, 2.24) is 10.2 Å². The van der Waals surface area contributed by atoms with E-state index in [4.69, 9.17) is 4.74 Å². The number of aliphatic hydroxyl groups excluding tert-OH is 1. The number of halogens is 1. The average Bonchev–Trinajstić information content (AvgIpc) is 2.94. The highest BCUT2D eigenvalue weighted by molar-refractivity contribution is 14.0. The first-order valence-corrected chi connectivity index (χ1v) is 7.53. The number of likely N-dealkylation sites (tertiary alicyclic amines) is 1. The minimum atomic E-state index is -0.249. The lowest BCUT2D eigenvalue weighted by Gasteiger charge is -2.22. The first-order valence-electron chi connectivity index (χ1n) is 7.53. The van der Waals surface area contributed by atoms with Crippen LogP contribution >= 0.6 is 24.0 Å². The molecule has 1 saturated heterocycles. The van der Waals surface area contributed by atoms with E-state index in [1.165, 1.54) is 0 Å². The lowest BCUT2D eigenvalue weighted by atomic mass is 10.1. The predicted molar refractivity (Wildman–Crippen MR) is 99.8 cm³/mol. The number of aliphatic hydroxyl groups is 1. The number of aliphatic imine (C=N–C) groups is 1. The number of guanidine groups is 1. The van der Waals surface area contributed by atoms with Crippen molar-refractivity contribution in [2.45, 2.75) is 25.6 Å². The monoisotopic (exact) mass is 419 g/mol. The number of nitrogens with zero attached hydrogens (tertiary/aromatic N) is 2. The molecule has 1 unspecified atom stereocenters. The molecule has 1 aliphatic heterocycles. The Morgan fingerprint density at radius 2 is 2.18 bits per heavy atom. The summed E-state index contributed by atoms with van der Waals surface area (Å²) in [5.74, 6) is 0.854. The zero-order valence-corrected chi connectivity index (χ0v) is 15.6. The Kier molecular flexibility index (Phi) is 8.74. The number of β-amino-alcohol motifs (C(OH)–C–C–N with tert-alkyl or cyclic N) is 1. The third kappa shape index (κ3) is 5.40. The van der Waals surface area contributed by atoms with Gasteiger partial charge < -0.3 is 20.1 Å². The van der Waals surface area contributed by atoms with Crippen LogP contribution in [0.3, 0.4) is 0 Å². The smallest absolute Gasteiger partial charge is 0.194 e. The van der Waals surface area contributed by atoms with Crippen molar-refractivity contribution in [3.8, 4) is 0 Å². The minimum Gasteiger partial charge on any atom is -0.391 e. The van der Waals surface area contributed by atoms with Gasteiger partial charge in [0.15, 0.2) is 5.96 Å². The molecule has 5 nitrogen and oxygen atoms in total. The van der Waals surface area contributed by atoms with Gasteiger partial charge in [-0.3, -0.25) is 4.99 Å². The summed E-state index contributed by atoms with van der Waals surface area (Å²) in [5.41, 5.74) is 1.13. The summed E-state index contributed by atoms with van der Waals surface area (Å²) in [6, 6.07) is 10.1. The van der Waals surface area contributed by atoms with Gasteiger partial charge in [-0.1, -0.05) is 30.3 Å². The first kappa shape index (κ1) is 19.2. The molecule has 22 heavy (non-hydrogen) atoms. The lowest BCUT2D eigenvalue weighted by Crippen LogP contribution is -2.40. The molecule has 0 aliphatic carbocycles. The number of hydrogen-bond donors (Lipinski definition) is 2. The SMILES string of the molecule is CCNC(=NCC(OC)c1ccccc1)N1CC[C@@H](O)C1.I. The Hall–Kier alpha value is -0.860. The highest BCUT2D eigenvalue weighted by Gasteiger charge is 2.23. The minimum absolute atomic E-state index is 0. The number of ether oxygens (including phenoxy) is 1. The van der Waals surface area contributed by atoms with Crippen molar-refractivity contribution in [1.29, 1.82) is 0 Å². The van der Waals surface area contributed by atoms with E-state index in [9.17, 15) is 5.11 Å². The molecule has 1 aromatic rings. The first-order chi connectivity index (χ1) is 10.2. The van der Waals surface area contributed by atoms with Gasteiger partial charge in [-0.05, 0) is 18.9 Å². The second-order valence-electron chi connectivity index (χ2n) is 5.22. The third-order valence-electron chi connectivity index (χ3n) is 3.66. The van der Waals surface area contributed by atoms with Gasteiger partial charge in [-0.15, -0.1) is 24.0 Å². The summed E-state index contributed by atoms with van der Waals surface area (Å²) in [4.78, 5) is 6.78. The molecule has 6 heteroatoms.